The number of nitrogens with zero attached hydrogens (tertiary/aromatic N) is 3. The number of benzene rings is 2. The van der Waals surface area contributed by atoms with Gasteiger partial charge in [-0.05, 0) is 49.1 Å². The van der Waals surface area contributed by atoms with E-state index in [1.54, 1.807) is 24.3 Å². The highest BCUT2D eigenvalue weighted by Crippen LogP contribution is 2.28. The summed E-state index contributed by atoms with van der Waals surface area (Å²) in [4.78, 5) is 12.7. The Morgan fingerprint density at radius 1 is 1.20 bits per heavy atom. The van der Waals surface area contributed by atoms with Crippen LogP contribution in [0.3, 0.4) is 0 Å². The van der Waals surface area contributed by atoms with Crippen LogP contribution >= 0.6 is 11.7 Å². The summed E-state index contributed by atoms with van der Waals surface area (Å²) in [6, 6.07) is 11.1. The van der Waals surface area contributed by atoms with Gasteiger partial charge in [0.15, 0.2) is 0 Å². The number of halogens is 1. The van der Waals surface area contributed by atoms with Crippen LogP contribution in [0, 0.1) is 11.7 Å². The fourth-order valence-electron chi connectivity index (χ4n) is 3.63. The van der Waals surface area contributed by atoms with E-state index >= 15 is 0 Å². The number of fused-ring (bicyclic) bond motifs is 1. The SMILES string of the molecule is O=C(NCCc1ccc(F)cc1)C1CCCN(S(=O)(=O)c2cccc3nsnc23)C1. The van der Waals surface area contributed by atoms with Crippen LogP contribution in [0.1, 0.15) is 18.4 Å². The summed E-state index contributed by atoms with van der Waals surface area (Å²) in [7, 11) is -3.77. The second kappa shape index (κ2) is 8.75. The average molecular weight is 449 g/mol. The number of amides is 1. The minimum Gasteiger partial charge on any atom is -0.355 e. The number of piperidine rings is 1. The molecule has 2 heterocycles. The van der Waals surface area contributed by atoms with E-state index in [2.05, 4.69) is 14.1 Å². The number of rotatable bonds is 6. The average Bonchev–Trinajstić information content (AvgIpc) is 3.24. The standard InChI is InChI=1S/C20H21FN4O3S2/c21-16-8-6-14(7-9-16)10-11-22-20(26)15-3-2-12-25(13-15)30(27,28)18-5-1-4-17-19(18)24-29-23-17/h1,4-9,15H,2-3,10-13H2,(H,22,26). The first-order valence-electron chi connectivity index (χ1n) is 9.69. The summed E-state index contributed by atoms with van der Waals surface area (Å²) in [5.41, 5.74) is 1.84. The number of carbonyl (C=O) groups excluding carboxylic acids is 1. The third kappa shape index (κ3) is 4.35. The zero-order valence-electron chi connectivity index (χ0n) is 16.1. The van der Waals surface area contributed by atoms with Gasteiger partial charge in [-0.3, -0.25) is 4.79 Å². The van der Waals surface area contributed by atoms with Gasteiger partial charge in [-0.2, -0.15) is 13.1 Å². The third-order valence-corrected chi connectivity index (χ3v) is 7.69. The molecule has 0 aliphatic carbocycles. The molecule has 10 heteroatoms. The molecule has 2 aromatic carbocycles. The zero-order chi connectivity index (χ0) is 21.1. The largest absolute Gasteiger partial charge is 0.355 e. The van der Waals surface area contributed by atoms with E-state index in [0.717, 1.165) is 17.3 Å². The van der Waals surface area contributed by atoms with Crippen molar-refractivity contribution in [3.05, 3.63) is 53.8 Å². The van der Waals surface area contributed by atoms with Gasteiger partial charge in [0.05, 0.1) is 17.6 Å². The molecule has 3 aromatic rings. The van der Waals surface area contributed by atoms with E-state index in [1.807, 2.05) is 0 Å². The molecule has 0 spiro atoms. The monoisotopic (exact) mass is 448 g/mol. The first kappa shape index (κ1) is 20.8. The molecule has 1 aromatic heterocycles. The molecule has 0 saturated carbocycles. The lowest BCUT2D eigenvalue weighted by Gasteiger charge is -2.31. The zero-order valence-corrected chi connectivity index (χ0v) is 17.8. The minimum absolute atomic E-state index is 0.131. The van der Waals surface area contributed by atoms with Crippen molar-refractivity contribution < 1.29 is 17.6 Å². The Balaban J connectivity index is 1.40. The maximum absolute atomic E-state index is 13.2. The van der Waals surface area contributed by atoms with Crippen LogP contribution in [0.15, 0.2) is 47.4 Å². The predicted octanol–water partition coefficient (Wildman–Crippen LogP) is 2.59. The number of sulfonamides is 1. The van der Waals surface area contributed by atoms with Gasteiger partial charge in [-0.15, -0.1) is 0 Å². The molecule has 1 fully saturated rings. The summed E-state index contributed by atoms with van der Waals surface area (Å²) < 4.78 is 49.0. The molecule has 1 amide bonds. The van der Waals surface area contributed by atoms with Gasteiger partial charge in [-0.25, -0.2) is 12.8 Å². The molecular formula is C20H21FN4O3S2. The van der Waals surface area contributed by atoms with Crippen molar-refractivity contribution in [2.45, 2.75) is 24.2 Å². The summed E-state index contributed by atoms with van der Waals surface area (Å²) in [5.74, 6) is -0.865. The molecule has 1 aliphatic heterocycles. The lowest BCUT2D eigenvalue weighted by Crippen LogP contribution is -2.45. The van der Waals surface area contributed by atoms with Crippen molar-refractivity contribution >= 4 is 38.7 Å². The molecule has 1 unspecified atom stereocenters. The Hall–Kier alpha value is -2.43. The Labute approximate surface area is 178 Å². The number of nitrogens with one attached hydrogen (secondary N) is 1. The van der Waals surface area contributed by atoms with Crippen LogP contribution in [0.4, 0.5) is 4.39 Å². The summed E-state index contributed by atoms with van der Waals surface area (Å²) >= 11 is 0.975. The second-order valence-corrected chi connectivity index (χ2v) is 9.69. The van der Waals surface area contributed by atoms with Crippen molar-refractivity contribution in [3.8, 4) is 0 Å². The maximum Gasteiger partial charge on any atom is 0.245 e. The number of hydrogen-bond acceptors (Lipinski definition) is 6. The number of hydrogen-bond donors (Lipinski definition) is 1. The fraction of sp³-hybridized carbons (Fsp3) is 0.350. The summed E-state index contributed by atoms with van der Waals surface area (Å²) in [5, 5.41) is 2.88. The number of aromatic nitrogens is 2. The molecule has 1 N–H and O–H groups in total. The van der Waals surface area contributed by atoms with Crippen LogP contribution < -0.4 is 5.32 Å². The smallest absolute Gasteiger partial charge is 0.245 e. The number of carbonyl (C=O) groups is 1. The lowest BCUT2D eigenvalue weighted by molar-refractivity contribution is -0.126. The van der Waals surface area contributed by atoms with E-state index in [0.29, 0.717) is 43.4 Å². The Bertz CT molecular complexity index is 1150. The molecule has 4 rings (SSSR count). The molecule has 7 nitrogen and oxygen atoms in total. The van der Waals surface area contributed by atoms with Gasteiger partial charge in [0.1, 0.15) is 21.7 Å². The van der Waals surface area contributed by atoms with Crippen LogP contribution in [0.5, 0.6) is 0 Å². The van der Waals surface area contributed by atoms with Crippen LogP contribution in [-0.4, -0.2) is 47.0 Å². The van der Waals surface area contributed by atoms with E-state index in [4.69, 9.17) is 0 Å². The highest BCUT2D eigenvalue weighted by molar-refractivity contribution is 7.89. The minimum atomic E-state index is -3.77. The Kier molecular flexibility index (Phi) is 6.07. The van der Waals surface area contributed by atoms with Crippen LogP contribution in [0.25, 0.3) is 11.0 Å². The fourth-order valence-corrected chi connectivity index (χ4v) is 5.91. The molecule has 1 aliphatic rings. The molecule has 1 saturated heterocycles. The third-order valence-electron chi connectivity index (χ3n) is 5.25. The molecular weight excluding hydrogens is 427 g/mol. The van der Waals surface area contributed by atoms with Gasteiger partial charge >= 0.3 is 0 Å². The normalized spacial score (nSPS) is 17.8. The highest BCUT2D eigenvalue weighted by atomic mass is 32.2. The van der Waals surface area contributed by atoms with E-state index < -0.39 is 15.9 Å². The highest BCUT2D eigenvalue weighted by Gasteiger charge is 2.34. The van der Waals surface area contributed by atoms with Gasteiger partial charge in [-0.1, -0.05) is 18.2 Å². The van der Waals surface area contributed by atoms with Crippen molar-refractivity contribution in [2.24, 2.45) is 5.92 Å². The van der Waals surface area contributed by atoms with E-state index in [-0.39, 0.29) is 23.2 Å². The van der Waals surface area contributed by atoms with Gasteiger partial charge < -0.3 is 5.32 Å². The molecule has 1 atom stereocenters. The quantitative estimate of drug-likeness (QED) is 0.626. The summed E-state index contributed by atoms with van der Waals surface area (Å²) in [6.07, 6.45) is 1.83. The Morgan fingerprint density at radius 3 is 2.80 bits per heavy atom. The lowest BCUT2D eigenvalue weighted by atomic mass is 9.99. The topological polar surface area (TPSA) is 92.3 Å². The maximum atomic E-state index is 13.2. The van der Waals surface area contributed by atoms with Crippen molar-refractivity contribution in [1.82, 2.24) is 18.4 Å². The second-order valence-electron chi connectivity index (χ2n) is 7.26. The Morgan fingerprint density at radius 2 is 2.00 bits per heavy atom. The molecule has 0 bridgehead atoms. The molecule has 158 valence electrons. The van der Waals surface area contributed by atoms with Crippen LogP contribution in [0.2, 0.25) is 0 Å². The van der Waals surface area contributed by atoms with Gasteiger partial charge in [0.2, 0.25) is 15.9 Å². The van der Waals surface area contributed by atoms with Crippen molar-refractivity contribution in [2.75, 3.05) is 19.6 Å². The first-order valence-corrected chi connectivity index (χ1v) is 11.9. The van der Waals surface area contributed by atoms with Gasteiger partial charge in [0.25, 0.3) is 0 Å². The van der Waals surface area contributed by atoms with E-state index in [1.165, 1.54) is 22.5 Å². The van der Waals surface area contributed by atoms with Gasteiger partial charge in [0, 0.05) is 19.6 Å². The first-order chi connectivity index (χ1) is 14.4. The van der Waals surface area contributed by atoms with Crippen molar-refractivity contribution in [3.63, 3.8) is 0 Å². The van der Waals surface area contributed by atoms with E-state index in [9.17, 15) is 17.6 Å². The van der Waals surface area contributed by atoms with Crippen LogP contribution in [-0.2, 0) is 21.2 Å². The summed E-state index contributed by atoms with van der Waals surface area (Å²) in [6.45, 7) is 0.922. The molecule has 0 radical (unpaired) electrons. The predicted molar refractivity (Wildman–Crippen MR) is 112 cm³/mol. The molecule has 30 heavy (non-hydrogen) atoms. The van der Waals surface area contributed by atoms with Crippen molar-refractivity contribution in [1.29, 1.82) is 0 Å².